The Kier molecular flexibility index (Phi) is 3.09. The van der Waals surface area contributed by atoms with Crippen LogP contribution in [-0.2, 0) is 9.53 Å². The summed E-state index contributed by atoms with van der Waals surface area (Å²) in [4.78, 5) is 12.2. The molecule has 0 amide bonds. The Morgan fingerprint density at radius 1 is 1.47 bits per heavy atom. The molecule has 0 aliphatic heterocycles. The number of fused-ring (bicyclic) bond motifs is 1. The van der Waals surface area contributed by atoms with Gasteiger partial charge in [-0.15, -0.1) is 0 Å². The lowest BCUT2D eigenvalue weighted by atomic mass is 9.59. The Bertz CT molecular complexity index is 403. The van der Waals surface area contributed by atoms with Crippen LogP contribution in [0.4, 0.5) is 0 Å². The number of methoxy groups -OCH3 is 1. The molecule has 0 aromatic rings. The number of hydrogen-bond donors (Lipinski definition) is 0. The van der Waals surface area contributed by atoms with Gasteiger partial charge in [-0.25, -0.2) is 0 Å². The largest absolute Gasteiger partial charge is 0.381 e. The first kappa shape index (κ1) is 12.3. The molecule has 3 unspecified atom stereocenters. The standard InChI is InChI=1S/C14H19NO2/c1-14(2)12-5-4-11(17-3)7-9(12)6-10(8-15)13(14)16/h6,9,11-12H,4-5,7H2,1-3H3. The fraction of sp³-hybridized carbons (Fsp3) is 0.714. The summed E-state index contributed by atoms with van der Waals surface area (Å²) in [6.07, 6.45) is 5.12. The second-order valence-electron chi connectivity index (χ2n) is 5.68. The lowest BCUT2D eigenvalue weighted by Gasteiger charge is -2.45. The molecule has 2 rings (SSSR count). The minimum absolute atomic E-state index is 0.0112. The van der Waals surface area contributed by atoms with E-state index in [4.69, 9.17) is 10.00 Å². The van der Waals surface area contributed by atoms with Gasteiger partial charge in [0.25, 0.3) is 0 Å². The molecule has 0 heterocycles. The topological polar surface area (TPSA) is 50.1 Å². The van der Waals surface area contributed by atoms with Crippen LogP contribution in [0.5, 0.6) is 0 Å². The van der Waals surface area contributed by atoms with Crippen molar-refractivity contribution in [1.82, 2.24) is 0 Å². The maximum Gasteiger partial charge on any atom is 0.178 e. The molecule has 17 heavy (non-hydrogen) atoms. The maximum atomic E-state index is 12.2. The normalized spacial score (nSPS) is 35.8. The number of rotatable bonds is 1. The van der Waals surface area contributed by atoms with Crippen molar-refractivity contribution in [2.45, 2.75) is 39.2 Å². The predicted octanol–water partition coefficient (Wildman–Crippen LogP) is 2.48. The van der Waals surface area contributed by atoms with Crippen molar-refractivity contribution in [3.8, 4) is 6.07 Å². The van der Waals surface area contributed by atoms with Gasteiger partial charge in [0.2, 0.25) is 0 Å². The van der Waals surface area contributed by atoms with E-state index in [1.165, 1.54) is 0 Å². The molecule has 0 aromatic heterocycles. The molecule has 0 saturated heterocycles. The van der Waals surface area contributed by atoms with Crippen LogP contribution in [-0.4, -0.2) is 19.0 Å². The molecule has 0 radical (unpaired) electrons. The van der Waals surface area contributed by atoms with E-state index >= 15 is 0 Å². The number of hydrogen-bond acceptors (Lipinski definition) is 3. The number of nitrogens with zero attached hydrogens (tertiary/aromatic N) is 1. The molecule has 2 aliphatic carbocycles. The highest BCUT2D eigenvalue weighted by Gasteiger charge is 2.47. The van der Waals surface area contributed by atoms with Crippen LogP contribution < -0.4 is 0 Å². The molecule has 1 fully saturated rings. The Morgan fingerprint density at radius 3 is 2.76 bits per heavy atom. The van der Waals surface area contributed by atoms with Crippen LogP contribution in [0.3, 0.4) is 0 Å². The first-order valence-electron chi connectivity index (χ1n) is 6.20. The van der Waals surface area contributed by atoms with Crippen molar-refractivity contribution < 1.29 is 9.53 Å². The maximum absolute atomic E-state index is 12.2. The number of ether oxygens (including phenoxy) is 1. The van der Waals surface area contributed by atoms with E-state index in [9.17, 15) is 4.79 Å². The van der Waals surface area contributed by atoms with Crippen LogP contribution in [0, 0.1) is 28.6 Å². The number of allylic oxidation sites excluding steroid dienone is 2. The minimum atomic E-state index is -0.400. The van der Waals surface area contributed by atoms with Crippen LogP contribution in [0.1, 0.15) is 33.1 Å². The molecule has 0 aromatic carbocycles. The molecule has 0 N–H and O–H groups in total. The van der Waals surface area contributed by atoms with Crippen molar-refractivity contribution >= 4 is 5.78 Å². The summed E-state index contributed by atoms with van der Waals surface area (Å²) >= 11 is 0. The Hall–Kier alpha value is -1.14. The number of nitriles is 1. The second-order valence-corrected chi connectivity index (χ2v) is 5.68. The second kappa shape index (κ2) is 4.27. The van der Waals surface area contributed by atoms with Gasteiger partial charge < -0.3 is 4.74 Å². The van der Waals surface area contributed by atoms with Crippen molar-refractivity contribution in [2.24, 2.45) is 17.3 Å². The zero-order chi connectivity index (χ0) is 12.6. The van der Waals surface area contributed by atoms with E-state index in [1.807, 2.05) is 26.0 Å². The fourth-order valence-electron chi connectivity index (χ4n) is 3.35. The number of Topliss-reactive ketones (excluding diaryl/α,β-unsaturated/α-hetero) is 1. The first-order valence-corrected chi connectivity index (χ1v) is 6.20. The first-order chi connectivity index (χ1) is 8.00. The molecular weight excluding hydrogens is 214 g/mol. The molecule has 1 saturated carbocycles. The fourth-order valence-corrected chi connectivity index (χ4v) is 3.35. The summed E-state index contributed by atoms with van der Waals surface area (Å²) in [5.74, 6) is 0.687. The predicted molar refractivity (Wildman–Crippen MR) is 64.1 cm³/mol. The van der Waals surface area contributed by atoms with E-state index < -0.39 is 5.41 Å². The molecule has 92 valence electrons. The molecular formula is C14H19NO2. The third-order valence-corrected chi connectivity index (χ3v) is 4.44. The number of carbonyl (C=O) groups excluding carboxylic acids is 1. The van der Waals surface area contributed by atoms with Gasteiger partial charge in [0.1, 0.15) is 6.07 Å². The van der Waals surface area contributed by atoms with E-state index in [0.717, 1.165) is 19.3 Å². The zero-order valence-corrected chi connectivity index (χ0v) is 10.7. The zero-order valence-electron chi connectivity index (χ0n) is 10.7. The number of ketones is 1. The monoisotopic (exact) mass is 233 g/mol. The van der Waals surface area contributed by atoms with Gasteiger partial charge in [0.15, 0.2) is 5.78 Å². The summed E-state index contributed by atoms with van der Waals surface area (Å²) in [5, 5.41) is 9.04. The van der Waals surface area contributed by atoms with Gasteiger partial charge in [-0.1, -0.05) is 19.9 Å². The summed E-state index contributed by atoms with van der Waals surface area (Å²) in [6, 6.07) is 2.05. The molecule has 2 aliphatic rings. The van der Waals surface area contributed by atoms with Crippen LogP contribution >= 0.6 is 0 Å². The summed E-state index contributed by atoms with van der Waals surface area (Å²) in [6.45, 7) is 3.95. The third kappa shape index (κ3) is 1.91. The quantitative estimate of drug-likeness (QED) is 0.699. The molecule has 3 heteroatoms. The SMILES string of the molecule is COC1CCC2C(C=C(C#N)C(=O)C2(C)C)C1. The van der Waals surface area contributed by atoms with Crippen molar-refractivity contribution in [3.05, 3.63) is 11.6 Å². The summed E-state index contributed by atoms with van der Waals surface area (Å²) in [7, 11) is 1.74. The third-order valence-electron chi connectivity index (χ3n) is 4.44. The van der Waals surface area contributed by atoms with Gasteiger partial charge >= 0.3 is 0 Å². The van der Waals surface area contributed by atoms with E-state index in [2.05, 4.69) is 0 Å². The van der Waals surface area contributed by atoms with Gasteiger partial charge in [0.05, 0.1) is 11.7 Å². The Labute approximate surface area is 102 Å². The van der Waals surface area contributed by atoms with Crippen LogP contribution in [0.25, 0.3) is 0 Å². The summed E-state index contributed by atoms with van der Waals surface area (Å²) in [5.41, 5.74) is -0.0589. The average molecular weight is 233 g/mol. The highest BCUT2D eigenvalue weighted by atomic mass is 16.5. The van der Waals surface area contributed by atoms with E-state index in [-0.39, 0.29) is 11.9 Å². The summed E-state index contributed by atoms with van der Waals surface area (Å²) < 4.78 is 5.41. The lowest BCUT2D eigenvalue weighted by molar-refractivity contribution is -0.129. The van der Waals surface area contributed by atoms with Gasteiger partial charge in [-0.2, -0.15) is 5.26 Å². The Morgan fingerprint density at radius 2 is 2.18 bits per heavy atom. The molecule has 0 bridgehead atoms. The molecule has 0 spiro atoms. The van der Waals surface area contributed by atoms with Gasteiger partial charge in [0, 0.05) is 12.5 Å². The van der Waals surface area contributed by atoms with Crippen LogP contribution in [0.15, 0.2) is 11.6 Å². The van der Waals surface area contributed by atoms with Gasteiger partial charge in [-0.3, -0.25) is 4.79 Å². The molecule has 3 nitrogen and oxygen atoms in total. The van der Waals surface area contributed by atoms with Crippen LogP contribution in [0.2, 0.25) is 0 Å². The van der Waals surface area contributed by atoms with Crippen molar-refractivity contribution in [2.75, 3.05) is 7.11 Å². The molecule has 3 atom stereocenters. The number of carbonyl (C=O) groups is 1. The van der Waals surface area contributed by atoms with Crippen molar-refractivity contribution in [1.29, 1.82) is 5.26 Å². The smallest absolute Gasteiger partial charge is 0.178 e. The van der Waals surface area contributed by atoms with Crippen molar-refractivity contribution in [3.63, 3.8) is 0 Å². The van der Waals surface area contributed by atoms with E-state index in [1.54, 1.807) is 7.11 Å². The highest BCUT2D eigenvalue weighted by Crippen LogP contribution is 2.48. The minimum Gasteiger partial charge on any atom is -0.381 e. The van der Waals surface area contributed by atoms with E-state index in [0.29, 0.717) is 17.4 Å². The lowest BCUT2D eigenvalue weighted by Crippen LogP contribution is -2.45. The Balaban J connectivity index is 2.33. The van der Waals surface area contributed by atoms with Gasteiger partial charge in [-0.05, 0) is 31.1 Å². The highest BCUT2D eigenvalue weighted by molar-refractivity contribution is 6.03. The average Bonchev–Trinajstić information content (AvgIpc) is 2.33.